The maximum absolute atomic E-state index is 6.41. The first-order valence-electron chi connectivity index (χ1n) is 8.10. The topological polar surface area (TPSA) is 43.4 Å². The number of ether oxygens (including phenoxy) is 1. The van der Waals surface area contributed by atoms with Gasteiger partial charge in [-0.25, -0.2) is 0 Å². The average Bonchev–Trinajstić information content (AvgIpc) is 2.66. The van der Waals surface area contributed by atoms with E-state index >= 15 is 0 Å². The summed E-state index contributed by atoms with van der Waals surface area (Å²) in [4.78, 5) is 2.36. The van der Waals surface area contributed by atoms with Crippen molar-refractivity contribution in [2.45, 2.75) is 52.3 Å². The van der Waals surface area contributed by atoms with Crippen molar-refractivity contribution in [1.29, 1.82) is 0 Å². The number of nitrogens with zero attached hydrogens (tertiary/aromatic N) is 2. The van der Waals surface area contributed by atoms with Crippen LogP contribution < -0.4 is 5.73 Å². The molecule has 0 bridgehead atoms. The predicted octanol–water partition coefficient (Wildman–Crippen LogP) is 2.10. The van der Waals surface area contributed by atoms with E-state index in [1.165, 1.54) is 17.0 Å². The Morgan fingerprint density at radius 2 is 2.19 bits per heavy atom. The third kappa shape index (κ3) is 3.03. The van der Waals surface area contributed by atoms with Gasteiger partial charge >= 0.3 is 0 Å². The molecule has 2 N–H and O–H groups in total. The number of nitrogens with two attached hydrogens (primary N) is 1. The van der Waals surface area contributed by atoms with Crippen molar-refractivity contribution in [3.63, 3.8) is 0 Å². The highest BCUT2D eigenvalue weighted by atomic mass is 16.5. The summed E-state index contributed by atoms with van der Waals surface area (Å²) in [6.07, 6.45) is 2.48. The second kappa shape index (κ2) is 5.41. The van der Waals surface area contributed by atoms with Gasteiger partial charge in [0.25, 0.3) is 0 Å². The van der Waals surface area contributed by atoms with E-state index in [1.54, 1.807) is 0 Å². The van der Waals surface area contributed by atoms with Gasteiger partial charge < -0.3 is 19.9 Å². The summed E-state index contributed by atoms with van der Waals surface area (Å²) in [5.41, 5.74) is 10.8. The van der Waals surface area contributed by atoms with Crippen LogP contribution in [0.15, 0.2) is 6.07 Å². The highest BCUT2D eigenvalue weighted by Gasteiger charge is 2.33. The molecule has 4 heteroatoms. The summed E-state index contributed by atoms with van der Waals surface area (Å²) in [5, 5.41) is 0. The summed E-state index contributed by atoms with van der Waals surface area (Å²) in [7, 11) is 2.17. The number of likely N-dealkylation sites (N-methyl/N-ethyl adjacent to an activating group) is 1. The molecular formula is C17H29N3O. The second-order valence-electron chi connectivity index (χ2n) is 7.71. The van der Waals surface area contributed by atoms with E-state index in [0.717, 1.165) is 39.1 Å². The van der Waals surface area contributed by atoms with Gasteiger partial charge in [0.2, 0.25) is 0 Å². The predicted molar refractivity (Wildman–Crippen MR) is 85.4 cm³/mol. The van der Waals surface area contributed by atoms with Gasteiger partial charge in [-0.05, 0) is 43.9 Å². The van der Waals surface area contributed by atoms with E-state index in [9.17, 15) is 0 Å². The van der Waals surface area contributed by atoms with Crippen molar-refractivity contribution in [3.05, 3.63) is 23.0 Å². The van der Waals surface area contributed by atoms with E-state index in [2.05, 4.69) is 43.4 Å². The molecule has 2 atom stereocenters. The van der Waals surface area contributed by atoms with Crippen LogP contribution in [0.4, 0.5) is 0 Å². The van der Waals surface area contributed by atoms with Crippen LogP contribution in [0, 0.1) is 12.3 Å². The number of hydrogen-bond acceptors (Lipinski definition) is 3. The number of aromatic nitrogens is 1. The van der Waals surface area contributed by atoms with Crippen molar-refractivity contribution in [2.24, 2.45) is 11.1 Å². The van der Waals surface area contributed by atoms with Crippen LogP contribution in [0.3, 0.4) is 0 Å². The Kier molecular flexibility index (Phi) is 3.89. The minimum atomic E-state index is 0.179. The van der Waals surface area contributed by atoms with Gasteiger partial charge in [-0.1, -0.05) is 13.8 Å². The molecule has 0 saturated carbocycles. The molecule has 0 spiro atoms. The van der Waals surface area contributed by atoms with Crippen LogP contribution in [-0.4, -0.2) is 42.3 Å². The van der Waals surface area contributed by atoms with Crippen molar-refractivity contribution in [1.82, 2.24) is 9.47 Å². The van der Waals surface area contributed by atoms with E-state index in [1.807, 2.05) is 0 Å². The monoisotopic (exact) mass is 291 g/mol. The van der Waals surface area contributed by atoms with Gasteiger partial charge in [-0.15, -0.1) is 0 Å². The summed E-state index contributed by atoms with van der Waals surface area (Å²) >= 11 is 0. The highest BCUT2D eigenvalue weighted by molar-refractivity contribution is 5.34. The zero-order chi connectivity index (χ0) is 15.2. The van der Waals surface area contributed by atoms with Gasteiger partial charge in [0, 0.05) is 30.5 Å². The van der Waals surface area contributed by atoms with E-state index in [-0.39, 0.29) is 6.04 Å². The molecule has 1 aliphatic carbocycles. The molecule has 21 heavy (non-hydrogen) atoms. The lowest BCUT2D eigenvalue weighted by molar-refractivity contribution is -0.0282. The summed E-state index contributed by atoms with van der Waals surface area (Å²) in [5.74, 6) is 0. The first-order chi connectivity index (χ1) is 9.85. The van der Waals surface area contributed by atoms with Crippen LogP contribution in [0.2, 0.25) is 0 Å². The Balaban J connectivity index is 1.86. The van der Waals surface area contributed by atoms with Gasteiger partial charge in [0.15, 0.2) is 0 Å². The normalized spacial score (nSPS) is 29.4. The molecule has 0 aromatic carbocycles. The highest BCUT2D eigenvalue weighted by Crippen LogP contribution is 2.41. The van der Waals surface area contributed by atoms with Crippen molar-refractivity contribution >= 4 is 0 Å². The molecule has 1 saturated heterocycles. The summed E-state index contributed by atoms with van der Waals surface area (Å²) < 4.78 is 8.41. The molecule has 0 amide bonds. The van der Waals surface area contributed by atoms with Crippen LogP contribution in [0.1, 0.15) is 43.3 Å². The Bertz CT molecular complexity index is 520. The average molecular weight is 291 g/mol. The Morgan fingerprint density at radius 3 is 2.90 bits per heavy atom. The Morgan fingerprint density at radius 1 is 1.43 bits per heavy atom. The first-order valence-corrected chi connectivity index (χ1v) is 8.10. The third-order valence-electron chi connectivity index (χ3n) is 5.00. The van der Waals surface area contributed by atoms with E-state index in [0.29, 0.717) is 11.5 Å². The maximum Gasteiger partial charge on any atom is 0.0881 e. The summed E-state index contributed by atoms with van der Waals surface area (Å²) in [6.45, 7) is 10.7. The zero-order valence-corrected chi connectivity index (χ0v) is 13.9. The molecule has 1 fully saturated rings. The quantitative estimate of drug-likeness (QED) is 0.907. The standard InChI is InChI=1S/C17H29N3O/c1-12-7-14-15(18)8-17(2,3)9-16(14)20(12)11-13-10-19(4)5-6-21-13/h7,13,15H,5-6,8-11,18H2,1-4H3. The Labute approximate surface area is 128 Å². The van der Waals surface area contributed by atoms with Crippen molar-refractivity contribution in [3.8, 4) is 0 Å². The fraction of sp³-hybridized carbons (Fsp3) is 0.765. The van der Waals surface area contributed by atoms with Crippen molar-refractivity contribution < 1.29 is 4.74 Å². The Hall–Kier alpha value is -0.840. The van der Waals surface area contributed by atoms with Crippen LogP contribution in [0.25, 0.3) is 0 Å². The molecule has 118 valence electrons. The van der Waals surface area contributed by atoms with Crippen molar-refractivity contribution in [2.75, 3.05) is 26.7 Å². The number of aryl methyl sites for hydroxylation is 1. The maximum atomic E-state index is 6.41. The largest absolute Gasteiger partial charge is 0.374 e. The van der Waals surface area contributed by atoms with Crippen LogP contribution >= 0.6 is 0 Å². The van der Waals surface area contributed by atoms with Gasteiger partial charge in [-0.3, -0.25) is 0 Å². The lowest BCUT2D eigenvalue weighted by Gasteiger charge is -2.36. The van der Waals surface area contributed by atoms with Gasteiger partial charge in [0.1, 0.15) is 0 Å². The SMILES string of the molecule is Cc1cc2c(n1CC1CN(C)CCO1)CC(C)(C)CC2N. The number of rotatable bonds is 2. The van der Waals surface area contributed by atoms with Gasteiger partial charge in [-0.2, -0.15) is 0 Å². The molecule has 2 heterocycles. The van der Waals surface area contributed by atoms with Gasteiger partial charge in [0.05, 0.1) is 19.3 Å². The minimum Gasteiger partial charge on any atom is -0.374 e. The number of hydrogen-bond donors (Lipinski definition) is 1. The first kappa shape index (κ1) is 15.1. The fourth-order valence-corrected chi connectivity index (χ4v) is 3.94. The number of fused-ring (bicyclic) bond motifs is 1. The van der Waals surface area contributed by atoms with Crippen LogP contribution in [0.5, 0.6) is 0 Å². The fourth-order valence-electron chi connectivity index (χ4n) is 3.94. The zero-order valence-electron chi connectivity index (χ0n) is 13.9. The lowest BCUT2D eigenvalue weighted by Crippen LogP contribution is -2.42. The molecule has 0 radical (unpaired) electrons. The van der Waals surface area contributed by atoms with E-state index in [4.69, 9.17) is 10.5 Å². The third-order valence-corrected chi connectivity index (χ3v) is 5.00. The molecule has 1 aliphatic heterocycles. The molecule has 2 aliphatic rings. The smallest absolute Gasteiger partial charge is 0.0881 e. The minimum absolute atomic E-state index is 0.179. The molecule has 1 aromatic heterocycles. The molecular weight excluding hydrogens is 262 g/mol. The molecule has 1 aromatic rings. The number of morpholine rings is 1. The summed E-state index contributed by atoms with van der Waals surface area (Å²) in [6, 6.07) is 2.47. The van der Waals surface area contributed by atoms with Crippen LogP contribution in [-0.2, 0) is 17.7 Å². The lowest BCUT2D eigenvalue weighted by atomic mass is 9.74. The molecule has 3 rings (SSSR count). The second-order valence-corrected chi connectivity index (χ2v) is 7.71. The molecule has 2 unspecified atom stereocenters. The van der Waals surface area contributed by atoms with E-state index < -0.39 is 0 Å². The molecule has 4 nitrogen and oxygen atoms in total.